The Labute approximate surface area is 96.2 Å². The van der Waals surface area contributed by atoms with Crippen molar-refractivity contribution >= 4 is 11.4 Å². The molecule has 0 saturated heterocycles. The van der Waals surface area contributed by atoms with Crippen molar-refractivity contribution in [3.05, 3.63) is 42.0 Å². The largest absolute Gasteiger partial charge is 0.295 e. The number of fused-ring (bicyclic) bond motifs is 1. The fourth-order valence-corrected chi connectivity index (χ4v) is 3.14. The van der Waals surface area contributed by atoms with E-state index in [9.17, 15) is 4.79 Å². The van der Waals surface area contributed by atoms with Crippen LogP contribution in [-0.4, -0.2) is 5.78 Å². The number of hydrogen-bond acceptors (Lipinski definition) is 1. The molecule has 0 N–H and O–H groups in total. The lowest BCUT2D eigenvalue weighted by Crippen LogP contribution is -2.20. The molecule has 16 heavy (non-hydrogen) atoms. The quantitative estimate of drug-likeness (QED) is 0.696. The van der Waals surface area contributed by atoms with E-state index in [1.807, 2.05) is 12.1 Å². The van der Waals surface area contributed by atoms with Gasteiger partial charge >= 0.3 is 0 Å². The van der Waals surface area contributed by atoms with E-state index in [1.54, 1.807) is 0 Å². The Bertz CT molecular complexity index is 430. The van der Waals surface area contributed by atoms with Crippen molar-refractivity contribution in [1.82, 2.24) is 0 Å². The fraction of sp³-hybridized carbons (Fsp3) is 0.400. The third kappa shape index (κ3) is 1.51. The van der Waals surface area contributed by atoms with Gasteiger partial charge in [0.15, 0.2) is 5.78 Å². The zero-order chi connectivity index (χ0) is 11.0. The maximum atomic E-state index is 11.9. The van der Waals surface area contributed by atoms with Crippen molar-refractivity contribution in [2.45, 2.75) is 25.7 Å². The first-order valence-corrected chi connectivity index (χ1v) is 6.17. The topological polar surface area (TPSA) is 17.1 Å². The number of allylic oxidation sites excluding steroid dienone is 2. The summed E-state index contributed by atoms with van der Waals surface area (Å²) in [5, 5.41) is 0. The molecule has 0 aromatic heterocycles. The van der Waals surface area contributed by atoms with E-state index in [1.165, 1.54) is 30.4 Å². The third-order valence-corrected chi connectivity index (χ3v) is 3.94. The van der Waals surface area contributed by atoms with Crippen molar-refractivity contribution in [3.8, 4) is 0 Å². The summed E-state index contributed by atoms with van der Waals surface area (Å²) in [5.41, 5.74) is 2.53. The zero-order valence-corrected chi connectivity index (χ0v) is 9.36. The lowest BCUT2D eigenvalue weighted by atomic mass is 9.77. The minimum Gasteiger partial charge on any atom is -0.295 e. The average molecular weight is 212 g/mol. The lowest BCUT2D eigenvalue weighted by molar-refractivity contribution is -0.119. The van der Waals surface area contributed by atoms with Crippen molar-refractivity contribution in [2.75, 3.05) is 0 Å². The SMILES string of the molecule is O=C1C=C(c2ccccc2)[C@H]2CCCC[C@@H]12. The molecule has 1 fully saturated rings. The Morgan fingerprint density at radius 2 is 1.62 bits per heavy atom. The Hall–Kier alpha value is -1.37. The first-order chi connectivity index (χ1) is 7.86. The molecule has 1 nitrogen and oxygen atoms in total. The highest BCUT2D eigenvalue weighted by molar-refractivity contribution is 6.04. The number of rotatable bonds is 1. The predicted molar refractivity (Wildman–Crippen MR) is 64.9 cm³/mol. The summed E-state index contributed by atoms with van der Waals surface area (Å²) < 4.78 is 0. The number of carbonyl (C=O) groups is 1. The second kappa shape index (κ2) is 3.89. The van der Waals surface area contributed by atoms with Crippen LogP contribution in [0.4, 0.5) is 0 Å². The van der Waals surface area contributed by atoms with Crippen LogP contribution in [0.5, 0.6) is 0 Å². The highest BCUT2D eigenvalue weighted by Gasteiger charge is 2.37. The minimum absolute atomic E-state index is 0.295. The monoisotopic (exact) mass is 212 g/mol. The highest BCUT2D eigenvalue weighted by atomic mass is 16.1. The summed E-state index contributed by atoms with van der Waals surface area (Å²) in [7, 11) is 0. The van der Waals surface area contributed by atoms with Gasteiger partial charge in [-0.15, -0.1) is 0 Å². The normalized spacial score (nSPS) is 28.8. The molecule has 1 aromatic rings. The Morgan fingerprint density at radius 3 is 2.38 bits per heavy atom. The molecule has 0 amide bonds. The van der Waals surface area contributed by atoms with E-state index in [4.69, 9.17) is 0 Å². The molecule has 0 heterocycles. The molecule has 1 heteroatoms. The molecule has 82 valence electrons. The number of benzene rings is 1. The highest BCUT2D eigenvalue weighted by Crippen LogP contribution is 2.44. The second-order valence-corrected chi connectivity index (χ2v) is 4.87. The number of carbonyl (C=O) groups excluding carboxylic acids is 1. The van der Waals surface area contributed by atoms with Crippen LogP contribution in [0.2, 0.25) is 0 Å². The van der Waals surface area contributed by atoms with Gasteiger partial charge in [-0.2, -0.15) is 0 Å². The van der Waals surface area contributed by atoms with E-state index in [0.29, 0.717) is 17.6 Å². The maximum absolute atomic E-state index is 11.9. The van der Waals surface area contributed by atoms with Gasteiger partial charge in [-0.3, -0.25) is 4.79 Å². The fourth-order valence-electron chi connectivity index (χ4n) is 3.14. The smallest absolute Gasteiger partial charge is 0.159 e. The molecule has 0 spiro atoms. The van der Waals surface area contributed by atoms with Gasteiger partial charge in [0.2, 0.25) is 0 Å². The van der Waals surface area contributed by atoms with Crippen LogP contribution in [0, 0.1) is 11.8 Å². The van der Waals surface area contributed by atoms with Gasteiger partial charge in [0, 0.05) is 5.92 Å². The molecule has 0 aliphatic heterocycles. The van der Waals surface area contributed by atoms with Crippen LogP contribution in [0.15, 0.2) is 36.4 Å². The van der Waals surface area contributed by atoms with E-state index in [-0.39, 0.29) is 0 Å². The molecular weight excluding hydrogens is 196 g/mol. The number of hydrogen-bond donors (Lipinski definition) is 0. The average Bonchev–Trinajstić information content (AvgIpc) is 2.69. The van der Waals surface area contributed by atoms with Crippen molar-refractivity contribution in [3.63, 3.8) is 0 Å². The van der Waals surface area contributed by atoms with E-state index in [2.05, 4.69) is 24.3 Å². The van der Waals surface area contributed by atoms with Crippen LogP contribution in [0.3, 0.4) is 0 Å². The molecule has 2 aliphatic carbocycles. The van der Waals surface area contributed by atoms with Crippen LogP contribution in [0.1, 0.15) is 31.2 Å². The summed E-state index contributed by atoms with van der Waals surface area (Å²) >= 11 is 0. The molecule has 1 aromatic carbocycles. The second-order valence-electron chi connectivity index (χ2n) is 4.87. The minimum atomic E-state index is 0.295. The van der Waals surface area contributed by atoms with Gasteiger partial charge in [-0.1, -0.05) is 43.2 Å². The van der Waals surface area contributed by atoms with Gasteiger partial charge in [0.25, 0.3) is 0 Å². The molecular formula is C15H16O. The molecule has 0 bridgehead atoms. The summed E-state index contributed by atoms with van der Waals surface area (Å²) in [6.45, 7) is 0. The Morgan fingerprint density at radius 1 is 0.938 bits per heavy atom. The Kier molecular flexibility index (Phi) is 2.39. The van der Waals surface area contributed by atoms with Gasteiger partial charge in [-0.25, -0.2) is 0 Å². The first-order valence-electron chi connectivity index (χ1n) is 6.17. The van der Waals surface area contributed by atoms with Gasteiger partial charge in [-0.05, 0) is 36.0 Å². The van der Waals surface area contributed by atoms with Crippen molar-refractivity contribution in [2.24, 2.45) is 11.8 Å². The first kappa shape index (κ1) is 9.83. The maximum Gasteiger partial charge on any atom is 0.159 e. The Balaban J connectivity index is 1.96. The van der Waals surface area contributed by atoms with Crippen LogP contribution >= 0.6 is 0 Å². The molecule has 0 radical (unpaired) electrons. The van der Waals surface area contributed by atoms with E-state index in [0.717, 1.165) is 6.42 Å². The molecule has 2 atom stereocenters. The van der Waals surface area contributed by atoms with Gasteiger partial charge < -0.3 is 0 Å². The summed E-state index contributed by atoms with van der Waals surface area (Å²) in [5.74, 6) is 1.16. The summed E-state index contributed by atoms with van der Waals surface area (Å²) in [4.78, 5) is 11.9. The van der Waals surface area contributed by atoms with Crippen LogP contribution < -0.4 is 0 Å². The molecule has 1 saturated carbocycles. The van der Waals surface area contributed by atoms with Crippen molar-refractivity contribution in [1.29, 1.82) is 0 Å². The molecule has 2 aliphatic rings. The van der Waals surface area contributed by atoms with Crippen molar-refractivity contribution < 1.29 is 4.79 Å². The standard InChI is InChI=1S/C15H16O/c16-15-10-14(11-6-2-1-3-7-11)12-8-4-5-9-13(12)15/h1-3,6-7,10,12-13H,4-5,8-9H2/t12-,13+/m0/s1. The predicted octanol–water partition coefficient (Wildman–Crippen LogP) is 3.46. The van der Waals surface area contributed by atoms with Crippen LogP contribution in [-0.2, 0) is 4.79 Å². The van der Waals surface area contributed by atoms with Gasteiger partial charge in [0.05, 0.1) is 0 Å². The zero-order valence-electron chi connectivity index (χ0n) is 9.36. The lowest BCUT2D eigenvalue weighted by Gasteiger charge is -2.26. The molecule has 0 unspecified atom stereocenters. The third-order valence-electron chi connectivity index (χ3n) is 3.94. The number of ketones is 1. The van der Waals surface area contributed by atoms with Gasteiger partial charge in [0.1, 0.15) is 0 Å². The summed E-state index contributed by atoms with van der Waals surface area (Å²) in [6, 6.07) is 10.4. The molecule has 3 rings (SSSR count). The van der Waals surface area contributed by atoms with E-state index >= 15 is 0 Å². The summed E-state index contributed by atoms with van der Waals surface area (Å²) in [6.07, 6.45) is 6.69. The van der Waals surface area contributed by atoms with E-state index < -0.39 is 0 Å². The van der Waals surface area contributed by atoms with Crippen LogP contribution in [0.25, 0.3) is 5.57 Å².